The lowest BCUT2D eigenvalue weighted by Gasteiger charge is -2.25. The van der Waals surface area contributed by atoms with Crippen LogP contribution in [0.5, 0.6) is 0 Å². The number of carbonyl (C=O) groups excluding carboxylic acids is 1. The molecule has 1 aromatic rings. The summed E-state index contributed by atoms with van der Waals surface area (Å²) < 4.78 is 38.8. The van der Waals surface area contributed by atoms with Crippen LogP contribution in [0.1, 0.15) is 68.4 Å². The van der Waals surface area contributed by atoms with Gasteiger partial charge in [0.05, 0.1) is 5.56 Å². The normalized spacial score (nSPS) is 17.9. The standard InChI is InChI=1S/C19H26F3NOS/c1-2-3-4-5-6-7-11-17(24)23-12-13-25-18(23)15-9-8-10-16(14-15)19(20,21)22/h8-10,14,18H,2-7,11-13H2,1H3. The minimum atomic E-state index is -4.35. The lowest BCUT2D eigenvalue weighted by molar-refractivity contribution is -0.137. The van der Waals surface area contributed by atoms with Gasteiger partial charge in [-0.05, 0) is 24.1 Å². The number of hydrogen-bond donors (Lipinski definition) is 0. The summed E-state index contributed by atoms with van der Waals surface area (Å²) in [6.07, 6.45) is 2.82. The summed E-state index contributed by atoms with van der Waals surface area (Å²) in [5.41, 5.74) is -0.0885. The number of hydrogen-bond acceptors (Lipinski definition) is 2. The van der Waals surface area contributed by atoms with Gasteiger partial charge in [-0.1, -0.05) is 51.2 Å². The first-order chi connectivity index (χ1) is 11.9. The quantitative estimate of drug-likeness (QED) is 0.519. The van der Waals surface area contributed by atoms with Gasteiger partial charge in [-0.2, -0.15) is 13.2 Å². The molecule has 1 unspecified atom stereocenters. The van der Waals surface area contributed by atoms with E-state index in [0.29, 0.717) is 18.5 Å². The largest absolute Gasteiger partial charge is 0.416 e. The van der Waals surface area contributed by atoms with Crippen molar-refractivity contribution in [2.75, 3.05) is 12.3 Å². The summed E-state index contributed by atoms with van der Waals surface area (Å²) in [6, 6.07) is 5.36. The monoisotopic (exact) mass is 373 g/mol. The predicted molar refractivity (Wildman–Crippen MR) is 96.3 cm³/mol. The molecular formula is C19H26F3NOS. The molecule has 1 fully saturated rings. The number of amides is 1. The van der Waals surface area contributed by atoms with E-state index in [-0.39, 0.29) is 11.3 Å². The van der Waals surface area contributed by atoms with E-state index in [1.165, 1.54) is 43.2 Å². The maximum atomic E-state index is 12.9. The maximum Gasteiger partial charge on any atom is 0.416 e. The minimum Gasteiger partial charge on any atom is -0.326 e. The van der Waals surface area contributed by atoms with Crippen LogP contribution in [-0.4, -0.2) is 23.1 Å². The van der Waals surface area contributed by atoms with E-state index in [4.69, 9.17) is 0 Å². The molecule has 1 saturated heterocycles. The highest BCUT2D eigenvalue weighted by atomic mass is 32.2. The molecule has 0 bridgehead atoms. The molecule has 1 atom stereocenters. The number of rotatable bonds is 8. The molecule has 25 heavy (non-hydrogen) atoms. The van der Waals surface area contributed by atoms with Crippen molar-refractivity contribution in [3.05, 3.63) is 35.4 Å². The Morgan fingerprint density at radius 2 is 1.92 bits per heavy atom. The molecule has 0 radical (unpaired) electrons. The number of alkyl halides is 3. The van der Waals surface area contributed by atoms with Crippen LogP contribution in [-0.2, 0) is 11.0 Å². The Kier molecular flexibility index (Phi) is 7.66. The van der Waals surface area contributed by atoms with Crippen molar-refractivity contribution < 1.29 is 18.0 Å². The second kappa shape index (κ2) is 9.51. The molecule has 1 heterocycles. The van der Waals surface area contributed by atoms with Crippen LogP contribution in [0, 0.1) is 0 Å². The van der Waals surface area contributed by atoms with Crippen LogP contribution in [0.15, 0.2) is 24.3 Å². The van der Waals surface area contributed by atoms with Gasteiger partial charge in [0.15, 0.2) is 0 Å². The van der Waals surface area contributed by atoms with Gasteiger partial charge >= 0.3 is 6.18 Å². The molecular weight excluding hydrogens is 347 g/mol. The Hall–Kier alpha value is -1.17. The molecule has 6 heteroatoms. The molecule has 2 rings (SSSR count). The number of nitrogens with zero attached hydrogens (tertiary/aromatic N) is 1. The number of halogens is 3. The van der Waals surface area contributed by atoms with Crippen molar-refractivity contribution in [2.45, 2.75) is 63.4 Å². The van der Waals surface area contributed by atoms with Crippen LogP contribution in [0.4, 0.5) is 13.2 Å². The SMILES string of the molecule is CCCCCCCCC(=O)N1CCSC1c1cccc(C(F)(F)F)c1. The van der Waals surface area contributed by atoms with Gasteiger partial charge in [0.2, 0.25) is 5.91 Å². The predicted octanol–water partition coefficient (Wildman–Crippen LogP) is 6.03. The third-order valence-corrected chi connectivity index (χ3v) is 5.72. The topological polar surface area (TPSA) is 20.3 Å². The van der Waals surface area contributed by atoms with Crippen LogP contribution < -0.4 is 0 Å². The average molecular weight is 373 g/mol. The van der Waals surface area contributed by atoms with Crippen molar-refractivity contribution in [2.24, 2.45) is 0 Å². The molecule has 0 aromatic heterocycles. The minimum absolute atomic E-state index is 0.0582. The summed E-state index contributed by atoms with van der Waals surface area (Å²) in [5, 5.41) is -0.296. The average Bonchev–Trinajstić information content (AvgIpc) is 3.07. The van der Waals surface area contributed by atoms with E-state index in [1.54, 1.807) is 11.0 Å². The second-order valence-corrected chi connectivity index (χ2v) is 7.64. The Balaban J connectivity index is 1.92. The summed E-state index contributed by atoms with van der Waals surface area (Å²) >= 11 is 1.54. The summed E-state index contributed by atoms with van der Waals surface area (Å²) in [4.78, 5) is 14.2. The Labute approximate surface area is 152 Å². The third kappa shape index (κ3) is 5.94. The second-order valence-electron chi connectivity index (χ2n) is 6.45. The Morgan fingerprint density at radius 3 is 2.64 bits per heavy atom. The zero-order valence-electron chi connectivity index (χ0n) is 14.6. The number of benzene rings is 1. The van der Waals surface area contributed by atoms with Gasteiger partial charge in [-0.15, -0.1) is 11.8 Å². The van der Waals surface area contributed by atoms with Crippen LogP contribution in [0.2, 0.25) is 0 Å². The molecule has 0 saturated carbocycles. The summed E-state index contributed by atoms with van der Waals surface area (Å²) in [5.74, 6) is 0.825. The van der Waals surface area contributed by atoms with Crippen LogP contribution in [0.3, 0.4) is 0 Å². The van der Waals surface area contributed by atoms with Gasteiger partial charge < -0.3 is 4.90 Å². The molecule has 1 amide bonds. The van der Waals surface area contributed by atoms with Crippen molar-refractivity contribution in [3.63, 3.8) is 0 Å². The van der Waals surface area contributed by atoms with Gasteiger partial charge in [0.1, 0.15) is 5.37 Å². The van der Waals surface area contributed by atoms with Crippen LogP contribution >= 0.6 is 11.8 Å². The van der Waals surface area contributed by atoms with E-state index in [2.05, 4.69) is 6.92 Å². The van der Waals surface area contributed by atoms with Crippen molar-refractivity contribution in [1.29, 1.82) is 0 Å². The lowest BCUT2D eigenvalue weighted by atomic mass is 10.1. The van der Waals surface area contributed by atoms with E-state index < -0.39 is 11.7 Å². The lowest BCUT2D eigenvalue weighted by Crippen LogP contribution is -2.30. The fourth-order valence-corrected chi connectivity index (χ4v) is 4.34. The molecule has 1 aromatic carbocycles. The van der Waals surface area contributed by atoms with Gasteiger partial charge in [0.25, 0.3) is 0 Å². The number of carbonyl (C=O) groups is 1. The summed E-state index contributed by atoms with van der Waals surface area (Å²) in [6.45, 7) is 2.78. The van der Waals surface area contributed by atoms with Crippen molar-refractivity contribution in [1.82, 2.24) is 4.90 Å². The number of thioether (sulfide) groups is 1. The highest BCUT2D eigenvalue weighted by Crippen LogP contribution is 2.40. The van der Waals surface area contributed by atoms with Crippen molar-refractivity contribution in [3.8, 4) is 0 Å². The van der Waals surface area contributed by atoms with E-state index >= 15 is 0 Å². The van der Waals surface area contributed by atoms with E-state index in [1.807, 2.05) is 0 Å². The zero-order valence-corrected chi connectivity index (χ0v) is 15.5. The highest BCUT2D eigenvalue weighted by molar-refractivity contribution is 7.99. The van der Waals surface area contributed by atoms with Gasteiger partial charge in [-0.25, -0.2) is 0 Å². The molecule has 0 N–H and O–H groups in total. The fraction of sp³-hybridized carbons (Fsp3) is 0.632. The fourth-order valence-electron chi connectivity index (χ4n) is 3.07. The van der Waals surface area contributed by atoms with Crippen LogP contribution in [0.25, 0.3) is 0 Å². The third-order valence-electron chi connectivity index (χ3n) is 4.45. The van der Waals surface area contributed by atoms with Gasteiger partial charge in [-0.3, -0.25) is 4.79 Å². The molecule has 0 spiro atoms. The zero-order chi connectivity index (χ0) is 18.3. The van der Waals surface area contributed by atoms with Crippen molar-refractivity contribution >= 4 is 17.7 Å². The highest BCUT2D eigenvalue weighted by Gasteiger charge is 2.34. The molecule has 1 aliphatic rings. The first-order valence-electron chi connectivity index (χ1n) is 9.01. The molecule has 1 aliphatic heterocycles. The molecule has 0 aliphatic carbocycles. The Morgan fingerprint density at radius 1 is 1.20 bits per heavy atom. The molecule has 2 nitrogen and oxygen atoms in total. The molecule has 140 valence electrons. The van der Waals surface area contributed by atoms with E-state index in [0.717, 1.165) is 31.1 Å². The first kappa shape index (κ1) is 20.1. The maximum absolute atomic E-state index is 12.9. The first-order valence-corrected chi connectivity index (χ1v) is 10.1. The number of unbranched alkanes of at least 4 members (excludes halogenated alkanes) is 5. The van der Waals surface area contributed by atoms with E-state index in [9.17, 15) is 18.0 Å². The summed E-state index contributed by atoms with van der Waals surface area (Å²) in [7, 11) is 0. The Bertz CT molecular complexity index is 562. The smallest absolute Gasteiger partial charge is 0.326 e. The van der Waals surface area contributed by atoms with Gasteiger partial charge in [0, 0.05) is 18.7 Å².